The van der Waals surface area contributed by atoms with Crippen LogP contribution in [0.3, 0.4) is 0 Å². The number of carbonyl (C=O) groups excluding carboxylic acids is 2. The SMILES string of the molecule is CCOC(=O)c1ccc(C(O)C(O)CNC(C)=O)s1. The molecule has 0 aromatic carbocycles. The maximum absolute atomic E-state index is 11.5. The molecule has 19 heavy (non-hydrogen) atoms. The third kappa shape index (κ3) is 4.62. The van der Waals surface area contributed by atoms with Crippen LogP contribution < -0.4 is 5.32 Å². The lowest BCUT2D eigenvalue weighted by Crippen LogP contribution is -2.33. The molecule has 106 valence electrons. The highest BCUT2D eigenvalue weighted by Gasteiger charge is 2.22. The van der Waals surface area contributed by atoms with Gasteiger partial charge in [0.2, 0.25) is 5.91 Å². The summed E-state index contributed by atoms with van der Waals surface area (Å²) in [5.41, 5.74) is 0. The first-order valence-electron chi connectivity index (χ1n) is 5.83. The summed E-state index contributed by atoms with van der Waals surface area (Å²) in [6, 6.07) is 3.09. The van der Waals surface area contributed by atoms with E-state index in [4.69, 9.17) is 4.74 Å². The van der Waals surface area contributed by atoms with Gasteiger partial charge in [0.15, 0.2) is 0 Å². The summed E-state index contributed by atoms with van der Waals surface area (Å²) in [6.07, 6.45) is -2.28. The van der Waals surface area contributed by atoms with Gasteiger partial charge in [0.1, 0.15) is 17.1 Å². The van der Waals surface area contributed by atoms with E-state index in [0.29, 0.717) is 9.75 Å². The lowest BCUT2D eigenvalue weighted by atomic mass is 10.1. The molecule has 0 spiro atoms. The summed E-state index contributed by atoms with van der Waals surface area (Å²) in [5, 5.41) is 22.0. The van der Waals surface area contributed by atoms with Gasteiger partial charge < -0.3 is 20.3 Å². The number of rotatable bonds is 6. The number of esters is 1. The molecule has 1 aromatic heterocycles. The molecule has 3 N–H and O–H groups in total. The summed E-state index contributed by atoms with van der Waals surface area (Å²) in [6.45, 7) is 3.25. The number of ether oxygens (including phenoxy) is 1. The average molecular weight is 287 g/mol. The molecule has 1 aromatic rings. The lowest BCUT2D eigenvalue weighted by molar-refractivity contribution is -0.119. The first kappa shape index (κ1) is 15.6. The van der Waals surface area contributed by atoms with Crippen molar-refractivity contribution >= 4 is 23.2 Å². The summed E-state index contributed by atoms with van der Waals surface area (Å²) < 4.78 is 4.83. The Kier molecular flexibility index (Phi) is 5.94. The number of aliphatic hydroxyl groups excluding tert-OH is 2. The van der Waals surface area contributed by atoms with E-state index in [1.165, 1.54) is 13.0 Å². The molecule has 2 atom stereocenters. The molecule has 7 heteroatoms. The van der Waals surface area contributed by atoms with Crippen molar-refractivity contribution in [1.29, 1.82) is 0 Å². The van der Waals surface area contributed by atoms with Crippen molar-refractivity contribution < 1.29 is 24.5 Å². The summed E-state index contributed by atoms with van der Waals surface area (Å²) in [4.78, 5) is 23.0. The largest absolute Gasteiger partial charge is 0.462 e. The Labute approximate surface area is 115 Å². The Morgan fingerprint density at radius 2 is 2.11 bits per heavy atom. The molecule has 6 nitrogen and oxygen atoms in total. The van der Waals surface area contributed by atoms with E-state index in [1.807, 2.05) is 0 Å². The van der Waals surface area contributed by atoms with Gasteiger partial charge in [-0.2, -0.15) is 0 Å². The van der Waals surface area contributed by atoms with Gasteiger partial charge in [-0.15, -0.1) is 11.3 Å². The van der Waals surface area contributed by atoms with Crippen molar-refractivity contribution in [2.45, 2.75) is 26.1 Å². The van der Waals surface area contributed by atoms with Crippen LogP contribution in [0.5, 0.6) is 0 Å². The summed E-state index contributed by atoms with van der Waals surface area (Å²) >= 11 is 1.05. The van der Waals surface area contributed by atoms with E-state index in [-0.39, 0.29) is 19.1 Å². The molecule has 0 bridgehead atoms. The van der Waals surface area contributed by atoms with Crippen LogP contribution >= 0.6 is 11.3 Å². The van der Waals surface area contributed by atoms with E-state index < -0.39 is 18.2 Å². The molecule has 2 unspecified atom stereocenters. The third-order valence-corrected chi connectivity index (χ3v) is 3.46. The van der Waals surface area contributed by atoms with E-state index in [0.717, 1.165) is 11.3 Å². The van der Waals surface area contributed by atoms with Crippen molar-refractivity contribution in [2.24, 2.45) is 0 Å². The summed E-state index contributed by atoms with van der Waals surface area (Å²) in [7, 11) is 0. The van der Waals surface area contributed by atoms with Gasteiger partial charge in [0, 0.05) is 18.3 Å². The van der Waals surface area contributed by atoms with Gasteiger partial charge in [-0.3, -0.25) is 4.79 Å². The Bertz CT molecular complexity index is 445. The van der Waals surface area contributed by atoms with E-state index in [2.05, 4.69) is 5.32 Å². The minimum Gasteiger partial charge on any atom is -0.462 e. The Morgan fingerprint density at radius 3 is 2.68 bits per heavy atom. The predicted molar refractivity (Wildman–Crippen MR) is 69.9 cm³/mol. The van der Waals surface area contributed by atoms with Gasteiger partial charge >= 0.3 is 5.97 Å². The number of hydrogen-bond acceptors (Lipinski definition) is 6. The maximum Gasteiger partial charge on any atom is 0.348 e. The molecule has 0 aliphatic carbocycles. The second-order valence-electron chi connectivity index (χ2n) is 3.87. The van der Waals surface area contributed by atoms with Crippen LogP contribution in [0.15, 0.2) is 12.1 Å². The minimum absolute atomic E-state index is 0.0524. The number of aliphatic hydroxyl groups is 2. The monoisotopic (exact) mass is 287 g/mol. The average Bonchev–Trinajstić information content (AvgIpc) is 2.84. The number of amides is 1. The quantitative estimate of drug-likeness (QED) is 0.660. The first-order valence-corrected chi connectivity index (χ1v) is 6.64. The fourth-order valence-corrected chi connectivity index (χ4v) is 2.32. The highest BCUT2D eigenvalue weighted by Crippen LogP contribution is 2.26. The highest BCUT2D eigenvalue weighted by molar-refractivity contribution is 7.14. The predicted octanol–water partition coefficient (Wildman–Crippen LogP) is 0.455. The smallest absolute Gasteiger partial charge is 0.348 e. The molecule has 0 aliphatic rings. The number of nitrogens with one attached hydrogen (secondary N) is 1. The molecular formula is C12H17NO5S. The zero-order chi connectivity index (χ0) is 14.4. The van der Waals surface area contributed by atoms with E-state index in [9.17, 15) is 19.8 Å². The normalized spacial score (nSPS) is 13.7. The molecule has 1 rings (SSSR count). The van der Waals surface area contributed by atoms with Gasteiger partial charge in [-0.25, -0.2) is 4.79 Å². The highest BCUT2D eigenvalue weighted by atomic mass is 32.1. The number of hydrogen-bond donors (Lipinski definition) is 3. The molecular weight excluding hydrogens is 270 g/mol. The Morgan fingerprint density at radius 1 is 1.42 bits per heavy atom. The van der Waals surface area contributed by atoms with Crippen LogP contribution in [0, 0.1) is 0 Å². The molecule has 0 fully saturated rings. The van der Waals surface area contributed by atoms with Crippen LogP contribution in [0.2, 0.25) is 0 Å². The van der Waals surface area contributed by atoms with Crippen LogP contribution in [0.1, 0.15) is 34.5 Å². The van der Waals surface area contributed by atoms with E-state index >= 15 is 0 Å². The Balaban J connectivity index is 2.64. The van der Waals surface area contributed by atoms with Gasteiger partial charge in [0.25, 0.3) is 0 Å². The molecule has 0 saturated heterocycles. The standard InChI is InChI=1S/C12H17NO5S/c1-3-18-12(17)10-5-4-9(19-10)11(16)8(15)6-13-7(2)14/h4-5,8,11,15-16H,3,6H2,1-2H3,(H,13,14). The molecule has 1 amide bonds. The van der Waals surface area contributed by atoms with Crippen LogP contribution in [-0.2, 0) is 9.53 Å². The van der Waals surface area contributed by atoms with Crippen LogP contribution in [0.25, 0.3) is 0 Å². The maximum atomic E-state index is 11.5. The first-order chi connectivity index (χ1) is 8.95. The van der Waals surface area contributed by atoms with Crippen LogP contribution in [0.4, 0.5) is 0 Å². The number of carbonyl (C=O) groups is 2. The van der Waals surface area contributed by atoms with Crippen molar-refractivity contribution in [3.05, 3.63) is 21.9 Å². The fraction of sp³-hybridized carbons (Fsp3) is 0.500. The van der Waals surface area contributed by atoms with Gasteiger partial charge in [-0.1, -0.05) is 0 Å². The second kappa shape index (κ2) is 7.22. The zero-order valence-electron chi connectivity index (χ0n) is 10.8. The van der Waals surface area contributed by atoms with Crippen molar-refractivity contribution in [2.75, 3.05) is 13.2 Å². The third-order valence-electron chi connectivity index (χ3n) is 2.32. The summed E-state index contributed by atoms with van der Waals surface area (Å²) in [5.74, 6) is -0.744. The Hall–Kier alpha value is -1.44. The molecule has 0 saturated carbocycles. The molecule has 0 radical (unpaired) electrons. The van der Waals surface area contributed by atoms with Crippen LogP contribution in [-0.4, -0.2) is 41.3 Å². The molecule has 1 heterocycles. The second-order valence-corrected chi connectivity index (χ2v) is 4.99. The van der Waals surface area contributed by atoms with Crippen molar-refractivity contribution in [3.63, 3.8) is 0 Å². The topological polar surface area (TPSA) is 95.9 Å². The van der Waals surface area contributed by atoms with Crippen molar-refractivity contribution in [1.82, 2.24) is 5.32 Å². The van der Waals surface area contributed by atoms with Gasteiger partial charge in [-0.05, 0) is 19.1 Å². The number of thiophene rings is 1. The fourth-order valence-electron chi connectivity index (χ4n) is 1.37. The minimum atomic E-state index is -1.15. The zero-order valence-corrected chi connectivity index (χ0v) is 11.6. The molecule has 0 aliphatic heterocycles. The van der Waals surface area contributed by atoms with Gasteiger partial charge in [0.05, 0.1) is 6.61 Å². The van der Waals surface area contributed by atoms with E-state index in [1.54, 1.807) is 13.0 Å². The lowest BCUT2D eigenvalue weighted by Gasteiger charge is -2.16. The van der Waals surface area contributed by atoms with Crippen molar-refractivity contribution in [3.8, 4) is 0 Å².